The lowest BCUT2D eigenvalue weighted by molar-refractivity contribution is -0.133. The van der Waals surface area contributed by atoms with E-state index >= 15 is 0 Å². The van der Waals surface area contributed by atoms with Gasteiger partial charge in [0.25, 0.3) is 0 Å². The summed E-state index contributed by atoms with van der Waals surface area (Å²) in [6, 6.07) is 17.1. The summed E-state index contributed by atoms with van der Waals surface area (Å²) in [6.45, 7) is 5.68. The Morgan fingerprint density at radius 2 is 1.47 bits per heavy atom. The first-order chi connectivity index (χ1) is 15.4. The standard InChI is InChI=1S/C28H30N2O2/c1-28(2)17-24(28)27(32)29-18-25(31)30-15-13-21(14-16-30)26-22-9-5-3-7-19(22)11-12-20-8-4-6-10-23(20)26/h3-12,24H,13-18H2,1-2H3,(H,29,32)/t24-/m0/s1. The predicted octanol–water partition coefficient (Wildman–Crippen LogP) is 4.76. The van der Waals surface area contributed by atoms with E-state index in [1.165, 1.54) is 33.4 Å². The molecule has 0 bridgehead atoms. The first kappa shape index (κ1) is 20.7. The molecule has 2 aromatic rings. The fraction of sp³-hybridized carbons (Fsp3) is 0.357. The molecule has 1 saturated carbocycles. The first-order valence-corrected chi connectivity index (χ1v) is 11.6. The lowest BCUT2D eigenvalue weighted by Gasteiger charge is -2.30. The van der Waals surface area contributed by atoms with Gasteiger partial charge in [0.2, 0.25) is 11.8 Å². The largest absolute Gasteiger partial charge is 0.347 e. The van der Waals surface area contributed by atoms with Gasteiger partial charge in [-0.3, -0.25) is 9.59 Å². The Labute approximate surface area is 190 Å². The lowest BCUT2D eigenvalue weighted by Crippen LogP contribution is -2.43. The highest BCUT2D eigenvalue weighted by Crippen LogP contribution is 2.51. The Bertz CT molecular complexity index is 1080. The van der Waals surface area contributed by atoms with E-state index in [2.05, 4.69) is 79.8 Å². The topological polar surface area (TPSA) is 49.4 Å². The van der Waals surface area contributed by atoms with E-state index in [9.17, 15) is 9.59 Å². The normalized spacial score (nSPS) is 20.8. The van der Waals surface area contributed by atoms with E-state index in [1.807, 2.05) is 4.90 Å². The highest BCUT2D eigenvalue weighted by Gasteiger charge is 2.50. The van der Waals surface area contributed by atoms with Gasteiger partial charge in [0.1, 0.15) is 0 Å². The summed E-state index contributed by atoms with van der Waals surface area (Å²) in [5, 5.41) is 2.86. The zero-order valence-corrected chi connectivity index (χ0v) is 18.9. The minimum absolute atomic E-state index is 0.0161. The van der Waals surface area contributed by atoms with Crippen molar-refractivity contribution in [3.8, 4) is 0 Å². The quantitative estimate of drug-likeness (QED) is 0.657. The summed E-state index contributed by atoms with van der Waals surface area (Å²) in [5.41, 5.74) is 7.80. The summed E-state index contributed by atoms with van der Waals surface area (Å²) in [5.74, 6) is 0.0866. The zero-order valence-electron chi connectivity index (χ0n) is 18.9. The number of fused-ring (bicyclic) bond motifs is 2. The number of rotatable bonds is 3. The average molecular weight is 427 g/mol. The van der Waals surface area contributed by atoms with Crippen molar-refractivity contribution < 1.29 is 9.59 Å². The van der Waals surface area contributed by atoms with Crippen LogP contribution in [0.2, 0.25) is 0 Å². The molecule has 1 aliphatic heterocycles. The molecule has 164 valence electrons. The molecule has 0 radical (unpaired) electrons. The lowest BCUT2D eigenvalue weighted by atomic mass is 9.86. The number of carbonyl (C=O) groups is 2. The molecule has 1 atom stereocenters. The molecule has 2 aliphatic carbocycles. The van der Waals surface area contributed by atoms with E-state index < -0.39 is 0 Å². The number of benzene rings is 2. The molecular weight excluding hydrogens is 396 g/mol. The number of nitrogens with one attached hydrogen (secondary N) is 1. The van der Waals surface area contributed by atoms with Gasteiger partial charge in [-0.05, 0) is 52.5 Å². The number of carbonyl (C=O) groups excluding carboxylic acids is 2. The van der Waals surface area contributed by atoms with Crippen molar-refractivity contribution in [2.45, 2.75) is 33.1 Å². The maximum atomic E-state index is 12.7. The monoisotopic (exact) mass is 426 g/mol. The van der Waals surface area contributed by atoms with Crippen LogP contribution in [0, 0.1) is 11.3 Å². The molecule has 32 heavy (non-hydrogen) atoms. The van der Waals surface area contributed by atoms with E-state index in [0.717, 1.165) is 19.3 Å². The van der Waals surface area contributed by atoms with Crippen LogP contribution in [0.15, 0.2) is 54.1 Å². The maximum absolute atomic E-state index is 12.7. The molecule has 4 heteroatoms. The molecule has 3 aliphatic rings. The van der Waals surface area contributed by atoms with E-state index in [1.54, 1.807) is 0 Å². The summed E-state index contributed by atoms with van der Waals surface area (Å²) in [4.78, 5) is 26.9. The Balaban J connectivity index is 1.32. The molecule has 2 fully saturated rings. The third-order valence-corrected chi connectivity index (χ3v) is 7.22. The molecule has 0 spiro atoms. The van der Waals surface area contributed by atoms with Gasteiger partial charge in [-0.15, -0.1) is 0 Å². The van der Waals surface area contributed by atoms with Gasteiger partial charge in [0.05, 0.1) is 6.54 Å². The summed E-state index contributed by atoms with van der Waals surface area (Å²) in [7, 11) is 0. The van der Waals surface area contributed by atoms with Gasteiger partial charge in [0, 0.05) is 19.0 Å². The van der Waals surface area contributed by atoms with Gasteiger partial charge >= 0.3 is 0 Å². The van der Waals surface area contributed by atoms with Crippen LogP contribution in [0.3, 0.4) is 0 Å². The fourth-order valence-electron chi connectivity index (χ4n) is 5.03. The second-order valence-corrected chi connectivity index (χ2v) is 9.83. The second-order valence-electron chi connectivity index (χ2n) is 9.83. The van der Waals surface area contributed by atoms with Gasteiger partial charge < -0.3 is 10.2 Å². The molecule has 1 saturated heterocycles. The van der Waals surface area contributed by atoms with E-state index in [4.69, 9.17) is 0 Å². The van der Waals surface area contributed by atoms with Gasteiger partial charge in [-0.25, -0.2) is 0 Å². The number of likely N-dealkylation sites (tertiary alicyclic amines) is 1. The number of hydrogen-bond acceptors (Lipinski definition) is 2. The van der Waals surface area contributed by atoms with Crippen LogP contribution in [0.4, 0.5) is 0 Å². The van der Waals surface area contributed by atoms with Crippen LogP contribution in [-0.2, 0) is 9.59 Å². The Hall–Kier alpha value is -3.14. The van der Waals surface area contributed by atoms with Crippen LogP contribution in [0.1, 0.15) is 55.4 Å². The van der Waals surface area contributed by atoms with Crippen molar-refractivity contribution in [2.24, 2.45) is 11.3 Å². The minimum atomic E-state index is 0.0161. The molecule has 1 N–H and O–H groups in total. The Kier molecular flexibility index (Phi) is 5.24. The average Bonchev–Trinajstić information content (AvgIpc) is 3.49. The van der Waals surface area contributed by atoms with Gasteiger partial charge in [0.15, 0.2) is 0 Å². The highest BCUT2D eigenvalue weighted by atomic mass is 16.2. The number of piperidine rings is 1. The molecule has 0 unspecified atom stereocenters. The zero-order chi connectivity index (χ0) is 22.3. The van der Waals surface area contributed by atoms with Crippen molar-refractivity contribution in [3.63, 3.8) is 0 Å². The molecular formula is C28H30N2O2. The van der Waals surface area contributed by atoms with Crippen LogP contribution >= 0.6 is 0 Å². The van der Waals surface area contributed by atoms with Crippen molar-refractivity contribution in [1.29, 1.82) is 0 Å². The smallest absolute Gasteiger partial charge is 0.241 e. The van der Waals surface area contributed by atoms with Crippen molar-refractivity contribution >= 4 is 29.5 Å². The van der Waals surface area contributed by atoms with Crippen LogP contribution < -0.4 is 5.32 Å². The van der Waals surface area contributed by atoms with Crippen LogP contribution in [-0.4, -0.2) is 36.3 Å². The minimum Gasteiger partial charge on any atom is -0.347 e. The number of nitrogens with zero attached hydrogens (tertiary/aromatic N) is 1. The highest BCUT2D eigenvalue weighted by molar-refractivity contribution is 5.95. The van der Waals surface area contributed by atoms with Crippen molar-refractivity contribution in [3.05, 3.63) is 76.4 Å². The molecule has 2 aromatic carbocycles. The number of hydrogen-bond donors (Lipinski definition) is 1. The van der Waals surface area contributed by atoms with Gasteiger partial charge in [-0.1, -0.05) is 80.1 Å². The summed E-state index contributed by atoms with van der Waals surface area (Å²) in [6.07, 6.45) is 7.01. The maximum Gasteiger partial charge on any atom is 0.241 e. The number of amides is 2. The molecule has 2 amide bonds. The van der Waals surface area contributed by atoms with E-state index in [-0.39, 0.29) is 29.7 Å². The molecule has 0 aromatic heterocycles. The summed E-state index contributed by atoms with van der Waals surface area (Å²) >= 11 is 0. The molecule has 1 heterocycles. The van der Waals surface area contributed by atoms with Crippen LogP contribution in [0.25, 0.3) is 17.7 Å². The van der Waals surface area contributed by atoms with Crippen molar-refractivity contribution in [2.75, 3.05) is 19.6 Å². The first-order valence-electron chi connectivity index (χ1n) is 11.6. The van der Waals surface area contributed by atoms with Gasteiger partial charge in [-0.2, -0.15) is 0 Å². The SMILES string of the molecule is CC1(C)C[C@H]1C(=O)NCC(=O)N1CCC(=C2c3ccccc3C=Cc3ccccc32)CC1. The summed E-state index contributed by atoms with van der Waals surface area (Å²) < 4.78 is 0. The Morgan fingerprint density at radius 1 is 0.938 bits per heavy atom. The molecule has 4 nitrogen and oxygen atoms in total. The fourth-order valence-corrected chi connectivity index (χ4v) is 5.03. The van der Waals surface area contributed by atoms with Crippen LogP contribution in [0.5, 0.6) is 0 Å². The van der Waals surface area contributed by atoms with E-state index in [0.29, 0.717) is 13.1 Å². The predicted molar refractivity (Wildman–Crippen MR) is 129 cm³/mol. The Morgan fingerprint density at radius 3 is 2.00 bits per heavy atom. The molecule has 5 rings (SSSR count). The third kappa shape index (κ3) is 3.90. The third-order valence-electron chi connectivity index (χ3n) is 7.22. The second kappa shape index (κ2) is 8.09. The van der Waals surface area contributed by atoms with Crippen molar-refractivity contribution in [1.82, 2.24) is 10.2 Å².